The van der Waals surface area contributed by atoms with Crippen LogP contribution in [0.4, 0.5) is 0 Å². The summed E-state index contributed by atoms with van der Waals surface area (Å²) < 4.78 is 5.60. The molecule has 104 valence electrons. The number of esters is 1. The molecule has 1 saturated heterocycles. The fraction of sp³-hybridized carbons (Fsp3) is 0.933. The number of nitrogens with one attached hydrogen (secondary N) is 1. The number of carbonyl (C=O) groups is 1. The normalized spacial score (nSPS) is 30.4. The topological polar surface area (TPSA) is 38.3 Å². The zero-order valence-corrected chi connectivity index (χ0v) is 12.0. The van der Waals surface area contributed by atoms with Gasteiger partial charge in [-0.2, -0.15) is 0 Å². The Hall–Kier alpha value is -0.570. The Morgan fingerprint density at radius 3 is 2.44 bits per heavy atom. The van der Waals surface area contributed by atoms with Gasteiger partial charge < -0.3 is 10.1 Å². The third-order valence-electron chi connectivity index (χ3n) is 4.24. The molecule has 0 aromatic rings. The molecule has 2 fully saturated rings. The average Bonchev–Trinajstić information content (AvgIpc) is 2.80. The Bertz CT molecular complexity index is 289. The van der Waals surface area contributed by atoms with E-state index in [-0.39, 0.29) is 17.5 Å². The first kappa shape index (κ1) is 13.9. The molecule has 0 amide bonds. The first-order valence-electron chi connectivity index (χ1n) is 7.41. The Labute approximate surface area is 111 Å². The number of carbonyl (C=O) groups excluding carboxylic acids is 1. The summed E-state index contributed by atoms with van der Waals surface area (Å²) in [5.74, 6) is 1.38. The van der Waals surface area contributed by atoms with E-state index in [0.717, 1.165) is 25.4 Å². The summed E-state index contributed by atoms with van der Waals surface area (Å²) >= 11 is 0. The monoisotopic (exact) mass is 253 g/mol. The van der Waals surface area contributed by atoms with E-state index >= 15 is 0 Å². The van der Waals surface area contributed by atoms with E-state index in [9.17, 15) is 4.79 Å². The molecule has 3 nitrogen and oxygen atoms in total. The molecule has 1 heterocycles. The van der Waals surface area contributed by atoms with Crippen LogP contribution in [0.3, 0.4) is 0 Å². The molecule has 2 atom stereocenters. The second-order valence-electron chi connectivity index (χ2n) is 6.84. The molecule has 1 aliphatic carbocycles. The highest BCUT2D eigenvalue weighted by Gasteiger charge is 2.39. The predicted octanol–water partition coefficient (Wildman–Crippen LogP) is 2.74. The largest absolute Gasteiger partial charge is 0.460 e. The van der Waals surface area contributed by atoms with Crippen LogP contribution in [0, 0.1) is 17.8 Å². The molecule has 1 aliphatic heterocycles. The fourth-order valence-electron chi connectivity index (χ4n) is 3.43. The van der Waals surface area contributed by atoms with E-state index in [1.807, 2.05) is 20.8 Å². The van der Waals surface area contributed by atoms with Gasteiger partial charge in [-0.3, -0.25) is 4.79 Å². The van der Waals surface area contributed by atoms with Crippen molar-refractivity contribution in [3.8, 4) is 0 Å². The van der Waals surface area contributed by atoms with Gasteiger partial charge in [-0.25, -0.2) is 0 Å². The van der Waals surface area contributed by atoms with Crippen molar-refractivity contribution in [2.24, 2.45) is 17.8 Å². The second-order valence-corrected chi connectivity index (χ2v) is 6.84. The molecule has 0 aromatic carbocycles. The van der Waals surface area contributed by atoms with E-state index in [0.29, 0.717) is 5.92 Å². The average molecular weight is 253 g/mol. The number of rotatable bonds is 2. The third kappa shape index (κ3) is 3.47. The number of hydrogen-bond donors (Lipinski definition) is 1. The molecule has 2 rings (SSSR count). The van der Waals surface area contributed by atoms with Gasteiger partial charge in [0.2, 0.25) is 0 Å². The Balaban J connectivity index is 2.00. The Kier molecular flexibility index (Phi) is 4.31. The van der Waals surface area contributed by atoms with Crippen LogP contribution >= 0.6 is 0 Å². The highest BCUT2D eigenvalue weighted by molar-refractivity contribution is 5.73. The van der Waals surface area contributed by atoms with Gasteiger partial charge >= 0.3 is 5.97 Å². The van der Waals surface area contributed by atoms with Crippen LogP contribution in [0.25, 0.3) is 0 Å². The lowest BCUT2D eigenvalue weighted by Crippen LogP contribution is -2.45. The lowest BCUT2D eigenvalue weighted by Gasteiger charge is -2.36. The van der Waals surface area contributed by atoms with Crippen LogP contribution in [-0.4, -0.2) is 24.7 Å². The summed E-state index contributed by atoms with van der Waals surface area (Å²) in [6.07, 6.45) is 6.21. The van der Waals surface area contributed by atoms with Gasteiger partial charge in [0.15, 0.2) is 0 Å². The molecule has 0 aromatic heterocycles. The van der Waals surface area contributed by atoms with Crippen LogP contribution < -0.4 is 5.32 Å². The molecular weight excluding hydrogens is 226 g/mol. The molecule has 2 aliphatic rings. The van der Waals surface area contributed by atoms with Crippen LogP contribution in [0.2, 0.25) is 0 Å². The lowest BCUT2D eigenvalue weighted by molar-refractivity contribution is -0.164. The number of piperidine rings is 1. The van der Waals surface area contributed by atoms with E-state index in [1.54, 1.807) is 0 Å². The maximum atomic E-state index is 12.3. The van der Waals surface area contributed by atoms with Crippen molar-refractivity contribution in [3.05, 3.63) is 0 Å². The van der Waals surface area contributed by atoms with Crippen molar-refractivity contribution in [2.75, 3.05) is 13.1 Å². The molecule has 1 saturated carbocycles. The smallest absolute Gasteiger partial charge is 0.309 e. The minimum Gasteiger partial charge on any atom is -0.460 e. The highest BCUT2D eigenvalue weighted by atomic mass is 16.6. The minimum absolute atomic E-state index is 0.0286. The minimum atomic E-state index is -0.359. The van der Waals surface area contributed by atoms with Gasteiger partial charge in [0.1, 0.15) is 5.60 Å². The summed E-state index contributed by atoms with van der Waals surface area (Å²) in [6, 6.07) is 0. The van der Waals surface area contributed by atoms with Crippen LogP contribution in [0.1, 0.15) is 52.9 Å². The molecule has 0 spiro atoms. The quantitative estimate of drug-likeness (QED) is 0.769. The number of hydrogen-bond acceptors (Lipinski definition) is 3. The molecule has 0 radical (unpaired) electrons. The fourth-order valence-corrected chi connectivity index (χ4v) is 3.43. The first-order chi connectivity index (χ1) is 8.47. The molecule has 1 N–H and O–H groups in total. The number of ether oxygens (including phenoxy) is 1. The zero-order chi connectivity index (χ0) is 13.2. The van der Waals surface area contributed by atoms with Crippen molar-refractivity contribution >= 4 is 5.97 Å². The Morgan fingerprint density at radius 1 is 1.17 bits per heavy atom. The van der Waals surface area contributed by atoms with Crippen molar-refractivity contribution in [2.45, 2.75) is 58.5 Å². The second kappa shape index (κ2) is 5.60. The van der Waals surface area contributed by atoms with Crippen LogP contribution in [-0.2, 0) is 9.53 Å². The molecule has 0 unspecified atom stereocenters. The summed E-state index contributed by atoms with van der Waals surface area (Å²) in [5, 5.41) is 3.45. The highest BCUT2D eigenvalue weighted by Crippen LogP contribution is 2.38. The van der Waals surface area contributed by atoms with Gasteiger partial charge in [0, 0.05) is 0 Å². The summed E-state index contributed by atoms with van der Waals surface area (Å²) in [6.45, 7) is 7.81. The van der Waals surface area contributed by atoms with Crippen LogP contribution in [0.15, 0.2) is 0 Å². The third-order valence-corrected chi connectivity index (χ3v) is 4.24. The Morgan fingerprint density at radius 2 is 1.83 bits per heavy atom. The van der Waals surface area contributed by atoms with Crippen molar-refractivity contribution in [3.63, 3.8) is 0 Å². The SMILES string of the molecule is CC(C)(C)OC(=O)[C@H]1CCNC[C@H]1C1CCCC1. The van der Waals surface area contributed by atoms with Crippen molar-refractivity contribution < 1.29 is 9.53 Å². The molecule has 3 heteroatoms. The van der Waals surface area contributed by atoms with E-state index < -0.39 is 0 Å². The van der Waals surface area contributed by atoms with Gasteiger partial charge in [-0.05, 0) is 52.1 Å². The molecule has 0 bridgehead atoms. The predicted molar refractivity (Wildman–Crippen MR) is 72.3 cm³/mol. The van der Waals surface area contributed by atoms with E-state index in [2.05, 4.69) is 5.32 Å². The molecule has 18 heavy (non-hydrogen) atoms. The van der Waals surface area contributed by atoms with E-state index in [1.165, 1.54) is 25.7 Å². The summed E-state index contributed by atoms with van der Waals surface area (Å²) in [7, 11) is 0. The van der Waals surface area contributed by atoms with Gasteiger partial charge in [-0.15, -0.1) is 0 Å². The maximum Gasteiger partial charge on any atom is 0.309 e. The standard InChI is InChI=1S/C15H27NO2/c1-15(2,3)18-14(17)12-8-9-16-10-13(12)11-6-4-5-7-11/h11-13,16H,4-10H2,1-3H3/t12-,13-/m0/s1. The zero-order valence-electron chi connectivity index (χ0n) is 12.0. The van der Waals surface area contributed by atoms with E-state index in [4.69, 9.17) is 4.74 Å². The lowest BCUT2D eigenvalue weighted by atomic mass is 9.77. The molecular formula is C15H27NO2. The summed E-state index contributed by atoms with van der Waals surface area (Å²) in [4.78, 5) is 12.3. The van der Waals surface area contributed by atoms with Crippen molar-refractivity contribution in [1.82, 2.24) is 5.32 Å². The van der Waals surface area contributed by atoms with Crippen LogP contribution in [0.5, 0.6) is 0 Å². The van der Waals surface area contributed by atoms with Gasteiger partial charge in [0.25, 0.3) is 0 Å². The van der Waals surface area contributed by atoms with Gasteiger partial charge in [-0.1, -0.05) is 25.7 Å². The summed E-state index contributed by atoms with van der Waals surface area (Å²) in [5.41, 5.74) is -0.359. The van der Waals surface area contributed by atoms with Crippen molar-refractivity contribution in [1.29, 1.82) is 0 Å². The first-order valence-corrected chi connectivity index (χ1v) is 7.41. The maximum absolute atomic E-state index is 12.3. The van der Waals surface area contributed by atoms with Gasteiger partial charge in [0.05, 0.1) is 5.92 Å².